The van der Waals surface area contributed by atoms with Gasteiger partial charge in [0.25, 0.3) is 11.8 Å². The molecule has 4 amide bonds. The van der Waals surface area contributed by atoms with Crippen LogP contribution in [-0.2, 0) is 16.0 Å². The summed E-state index contributed by atoms with van der Waals surface area (Å²) in [5.74, 6) is 0.491. The molecular weight excluding hydrogens is 382 g/mol. The topological polar surface area (TPSA) is 96.5 Å². The number of urea groups is 1. The highest BCUT2D eigenvalue weighted by Gasteiger charge is 2.41. The molecule has 0 saturated carbocycles. The predicted molar refractivity (Wildman–Crippen MR) is 114 cm³/mol. The number of hydrogen-bond acceptors (Lipinski definition) is 4. The fourth-order valence-electron chi connectivity index (χ4n) is 3.20. The Labute approximate surface area is 176 Å². The lowest BCUT2D eigenvalue weighted by atomic mass is 9.93. The molecule has 7 nitrogen and oxygen atoms in total. The Morgan fingerprint density at radius 1 is 1.07 bits per heavy atom. The molecule has 3 rings (SSSR count). The molecule has 158 valence electrons. The Morgan fingerprint density at radius 3 is 2.30 bits per heavy atom. The molecule has 1 aliphatic heterocycles. The number of nitrogens with one attached hydrogen (secondary N) is 3. The van der Waals surface area contributed by atoms with E-state index in [-0.39, 0.29) is 18.4 Å². The quantitative estimate of drug-likeness (QED) is 0.583. The zero-order valence-corrected chi connectivity index (χ0v) is 17.5. The molecule has 7 heteroatoms. The van der Waals surface area contributed by atoms with Gasteiger partial charge in [-0.2, -0.15) is 0 Å². The second-order valence-corrected chi connectivity index (χ2v) is 8.00. The van der Waals surface area contributed by atoms with Gasteiger partial charge in [-0.15, -0.1) is 0 Å². The molecule has 0 bridgehead atoms. The lowest BCUT2D eigenvalue weighted by Crippen LogP contribution is -2.43. The van der Waals surface area contributed by atoms with Crippen molar-refractivity contribution in [3.8, 4) is 5.75 Å². The van der Waals surface area contributed by atoms with Crippen LogP contribution in [0.3, 0.4) is 0 Å². The molecule has 1 atom stereocenters. The lowest BCUT2D eigenvalue weighted by molar-refractivity contribution is -0.123. The van der Waals surface area contributed by atoms with Gasteiger partial charge in [0.05, 0.1) is 0 Å². The van der Waals surface area contributed by atoms with Crippen molar-refractivity contribution in [2.45, 2.75) is 45.1 Å². The maximum atomic E-state index is 12.1. The van der Waals surface area contributed by atoms with Crippen molar-refractivity contribution in [3.63, 3.8) is 0 Å². The van der Waals surface area contributed by atoms with Gasteiger partial charge in [-0.3, -0.25) is 14.9 Å². The molecule has 1 aliphatic rings. The van der Waals surface area contributed by atoms with Crippen molar-refractivity contribution in [2.75, 3.05) is 11.9 Å². The number of hydrogen-bond donors (Lipinski definition) is 3. The number of amides is 4. The zero-order chi connectivity index (χ0) is 21.7. The Balaban J connectivity index is 1.45. The van der Waals surface area contributed by atoms with E-state index in [1.807, 2.05) is 36.4 Å². The van der Waals surface area contributed by atoms with E-state index in [0.717, 1.165) is 11.3 Å². The first-order valence-electron chi connectivity index (χ1n) is 10.0. The first-order chi connectivity index (χ1) is 14.2. The zero-order valence-electron chi connectivity index (χ0n) is 17.5. The standard InChI is InChI=1S/C23H27N3O4/c1-15(2)17-6-8-18(9-7-17)24-20(27)14-30-19-10-4-16(5-11-19)12-13-23(3)21(28)25-22(29)26-23/h4-11,15H,12-14H2,1-3H3,(H,24,27)(H2,25,26,28,29)/t23-/m0/s1. The second-order valence-electron chi connectivity index (χ2n) is 8.00. The molecule has 1 heterocycles. The summed E-state index contributed by atoms with van der Waals surface area (Å²) in [6, 6.07) is 14.7. The Hall–Kier alpha value is -3.35. The third-order valence-corrected chi connectivity index (χ3v) is 5.19. The van der Waals surface area contributed by atoms with E-state index in [2.05, 4.69) is 29.8 Å². The van der Waals surface area contributed by atoms with Crippen LogP contribution in [0.4, 0.5) is 10.5 Å². The highest BCUT2D eigenvalue weighted by Crippen LogP contribution is 2.20. The molecule has 3 N–H and O–H groups in total. The molecule has 30 heavy (non-hydrogen) atoms. The average molecular weight is 409 g/mol. The van der Waals surface area contributed by atoms with Crippen molar-refractivity contribution in [1.82, 2.24) is 10.6 Å². The summed E-state index contributed by atoms with van der Waals surface area (Å²) in [6.45, 7) is 5.86. The fraction of sp³-hybridized carbons (Fsp3) is 0.348. The summed E-state index contributed by atoms with van der Waals surface area (Å²) in [4.78, 5) is 35.3. The van der Waals surface area contributed by atoms with Crippen LogP contribution in [0.25, 0.3) is 0 Å². The van der Waals surface area contributed by atoms with Gasteiger partial charge >= 0.3 is 6.03 Å². The van der Waals surface area contributed by atoms with Crippen molar-refractivity contribution in [3.05, 3.63) is 59.7 Å². The van der Waals surface area contributed by atoms with E-state index >= 15 is 0 Å². The van der Waals surface area contributed by atoms with Crippen molar-refractivity contribution in [2.24, 2.45) is 0 Å². The van der Waals surface area contributed by atoms with Crippen LogP contribution in [0.1, 0.15) is 44.2 Å². The summed E-state index contributed by atoms with van der Waals surface area (Å²) in [5, 5.41) is 7.73. The van der Waals surface area contributed by atoms with Gasteiger partial charge in [0.15, 0.2) is 6.61 Å². The van der Waals surface area contributed by atoms with E-state index < -0.39 is 11.6 Å². The van der Waals surface area contributed by atoms with E-state index in [0.29, 0.717) is 24.5 Å². The molecule has 1 saturated heterocycles. The molecule has 2 aromatic carbocycles. The number of benzene rings is 2. The van der Waals surface area contributed by atoms with Crippen LogP contribution >= 0.6 is 0 Å². The Morgan fingerprint density at radius 2 is 1.73 bits per heavy atom. The van der Waals surface area contributed by atoms with Crippen LogP contribution in [0.2, 0.25) is 0 Å². The number of carbonyl (C=O) groups is 3. The summed E-state index contributed by atoms with van der Waals surface area (Å²) >= 11 is 0. The molecule has 0 unspecified atom stereocenters. The molecule has 0 radical (unpaired) electrons. The second kappa shape index (κ2) is 8.98. The highest BCUT2D eigenvalue weighted by molar-refractivity contribution is 6.06. The van der Waals surface area contributed by atoms with Crippen LogP contribution in [0.5, 0.6) is 5.75 Å². The molecule has 1 fully saturated rings. The van der Waals surface area contributed by atoms with Crippen LogP contribution in [0.15, 0.2) is 48.5 Å². The predicted octanol–water partition coefficient (Wildman–Crippen LogP) is 3.36. The Kier molecular flexibility index (Phi) is 6.40. The number of rotatable bonds is 8. The van der Waals surface area contributed by atoms with E-state index in [1.54, 1.807) is 19.1 Å². The monoisotopic (exact) mass is 409 g/mol. The van der Waals surface area contributed by atoms with Gasteiger partial charge in [0.1, 0.15) is 11.3 Å². The first kappa shape index (κ1) is 21.4. The minimum atomic E-state index is -0.891. The van der Waals surface area contributed by atoms with E-state index in [1.165, 1.54) is 5.56 Å². The van der Waals surface area contributed by atoms with Crippen molar-refractivity contribution < 1.29 is 19.1 Å². The minimum Gasteiger partial charge on any atom is -0.484 e. The molecule has 0 spiro atoms. The van der Waals surface area contributed by atoms with Gasteiger partial charge in [0.2, 0.25) is 0 Å². The summed E-state index contributed by atoms with van der Waals surface area (Å²) in [7, 11) is 0. The highest BCUT2D eigenvalue weighted by atomic mass is 16.5. The molecular formula is C23H27N3O4. The molecule has 0 aliphatic carbocycles. The SMILES string of the molecule is CC(C)c1ccc(NC(=O)COc2ccc(CC[C@]3(C)NC(=O)NC3=O)cc2)cc1. The summed E-state index contributed by atoms with van der Waals surface area (Å²) < 4.78 is 5.55. The maximum Gasteiger partial charge on any atom is 0.322 e. The number of aryl methyl sites for hydroxylation is 1. The van der Waals surface area contributed by atoms with Gasteiger partial charge in [-0.05, 0) is 61.1 Å². The summed E-state index contributed by atoms with van der Waals surface area (Å²) in [6.07, 6.45) is 1.11. The van der Waals surface area contributed by atoms with Gasteiger partial charge < -0.3 is 15.4 Å². The molecule has 2 aromatic rings. The average Bonchev–Trinajstić information content (AvgIpc) is 2.97. The largest absolute Gasteiger partial charge is 0.484 e. The summed E-state index contributed by atoms with van der Waals surface area (Å²) in [5.41, 5.74) is 2.07. The smallest absolute Gasteiger partial charge is 0.322 e. The number of imide groups is 1. The molecule has 0 aromatic heterocycles. The van der Waals surface area contributed by atoms with Crippen molar-refractivity contribution >= 4 is 23.5 Å². The van der Waals surface area contributed by atoms with Gasteiger partial charge in [0, 0.05) is 5.69 Å². The minimum absolute atomic E-state index is 0.0877. The fourth-order valence-corrected chi connectivity index (χ4v) is 3.20. The first-order valence-corrected chi connectivity index (χ1v) is 10.0. The number of ether oxygens (including phenoxy) is 1. The normalized spacial score (nSPS) is 18.1. The van der Waals surface area contributed by atoms with Crippen LogP contribution in [0, 0.1) is 0 Å². The maximum absolute atomic E-state index is 12.1. The third kappa shape index (κ3) is 5.37. The number of anilines is 1. The van der Waals surface area contributed by atoms with Gasteiger partial charge in [-0.25, -0.2) is 4.79 Å². The van der Waals surface area contributed by atoms with Crippen molar-refractivity contribution in [1.29, 1.82) is 0 Å². The third-order valence-electron chi connectivity index (χ3n) is 5.19. The lowest BCUT2D eigenvalue weighted by Gasteiger charge is -2.20. The van der Waals surface area contributed by atoms with Crippen LogP contribution in [-0.4, -0.2) is 30.0 Å². The Bertz CT molecular complexity index is 922. The van der Waals surface area contributed by atoms with Gasteiger partial charge in [-0.1, -0.05) is 38.1 Å². The van der Waals surface area contributed by atoms with Crippen LogP contribution < -0.4 is 20.7 Å². The number of carbonyl (C=O) groups excluding carboxylic acids is 3. The van der Waals surface area contributed by atoms with E-state index in [4.69, 9.17) is 4.74 Å². The van der Waals surface area contributed by atoms with E-state index in [9.17, 15) is 14.4 Å².